The van der Waals surface area contributed by atoms with Crippen molar-refractivity contribution < 1.29 is 10.2 Å². The van der Waals surface area contributed by atoms with Gasteiger partial charge in [0.1, 0.15) is 11.5 Å². The topological polar surface area (TPSA) is 40.5 Å². The molecule has 0 radical (unpaired) electrons. The molecule has 0 aliphatic heterocycles. The largest absolute Gasteiger partial charge is 0.507 e. The van der Waals surface area contributed by atoms with E-state index in [2.05, 4.69) is 62.4 Å². The van der Waals surface area contributed by atoms with Crippen LogP contribution in [0.5, 0.6) is 11.5 Å². The first kappa shape index (κ1) is 23.6. The molecule has 2 heteroatoms. The highest BCUT2D eigenvalue weighted by molar-refractivity contribution is 5.72. The molecule has 0 unspecified atom stereocenters. The first-order valence-corrected chi connectivity index (χ1v) is 14.0. The number of phenols is 2. The summed E-state index contributed by atoms with van der Waals surface area (Å²) in [5.74, 6) is 0.700. The fraction of sp³-hybridized carbons (Fsp3) is 0.333. The van der Waals surface area contributed by atoms with Gasteiger partial charge in [-0.1, -0.05) is 86.6 Å². The minimum atomic E-state index is 0.0697. The molecule has 4 saturated carbocycles. The maximum absolute atomic E-state index is 10.8. The fourth-order valence-electron chi connectivity index (χ4n) is 9.74. The van der Waals surface area contributed by atoms with Crippen molar-refractivity contribution in [3.63, 3.8) is 0 Å². The van der Waals surface area contributed by atoms with Gasteiger partial charge in [-0.3, -0.25) is 0 Å². The maximum Gasteiger partial charge on any atom is 0.123 e. The number of rotatable bonds is 4. The van der Waals surface area contributed by atoms with Crippen LogP contribution in [0.3, 0.4) is 0 Å². The van der Waals surface area contributed by atoms with Crippen molar-refractivity contribution in [3.05, 3.63) is 108 Å². The summed E-state index contributed by atoms with van der Waals surface area (Å²) in [7, 11) is 0. The molecule has 8 rings (SSSR count). The molecule has 2 nitrogen and oxygen atoms in total. The van der Waals surface area contributed by atoms with Gasteiger partial charge in [-0.25, -0.2) is 0 Å². The lowest BCUT2D eigenvalue weighted by Gasteiger charge is -2.70. The fourth-order valence-corrected chi connectivity index (χ4v) is 9.74. The second kappa shape index (κ2) is 7.99. The molecule has 0 atom stereocenters. The Kier molecular flexibility index (Phi) is 4.96. The Morgan fingerprint density at radius 3 is 1.26 bits per heavy atom. The Bertz CT molecular complexity index is 1390. The van der Waals surface area contributed by atoms with Crippen molar-refractivity contribution in [2.75, 3.05) is 0 Å². The third-order valence-electron chi connectivity index (χ3n) is 9.98. The Morgan fingerprint density at radius 2 is 0.868 bits per heavy atom. The van der Waals surface area contributed by atoms with E-state index in [-0.39, 0.29) is 21.7 Å². The van der Waals surface area contributed by atoms with Gasteiger partial charge < -0.3 is 10.2 Å². The highest BCUT2D eigenvalue weighted by atomic mass is 16.3. The summed E-state index contributed by atoms with van der Waals surface area (Å²) in [6.07, 6.45) is 7.17. The van der Waals surface area contributed by atoms with Crippen LogP contribution in [0.4, 0.5) is 0 Å². The van der Waals surface area contributed by atoms with Crippen molar-refractivity contribution in [1.29, 1.82) is 0 Å². The number of hydrogen-bond donors (Lipinski definition) is 2. The molecule has 0 amide bonds. The van der Waals surface area contributed by atoms with E-state index in [1.807, 2.05) is 48.5 Å². The molecule has 4 bridgehead atoms. The maximum atomic E-state index is 10.8. The van der Waals surface area contributed by atoms with Crippen LogP contribution in [0.1, 0.15) is 63.5 Å². The van der Waals surface area contributed by atoms with Gasteiger partial charge in [0, 0.05) is 11.1 Å². The number of benzene rings is 4. The second-order valence-electron chi connectivity index (χ2n) is 13.4. The predicted octanol–water partition coefficient (Wildman–Crippen LogP) is 9.00. The molecule has 2 N–H and O–H groups in total. The zero-order valence-electron chi connectivity index (χ0n) is 22.4. The number of phenolic OH excluding ortho intramolecular Hbond substituents is 2. The zero-order chi connectivity index (χ0) is 26.2. The Labute approximate surface area is 226 Å². The lowest BCUT2D eigenvalue weighted by molar-refractivity contribution is -0.126. The molecule has 4 aromatic rings. The molecule has 0 spiro atoms. The van der Waals surface area contributed by atoms with Gasteiger partial charge >= 0.3 is 0 Å². The average Bonchev–Trinajstić information content (AvgIpc) is 2.88. The molecule has 38 heavy (non-hydrogen) atoms. The van der Waals surface area contributed by atoms with Crippen LogP contribution in [0.25, 0.3) is 22.3 Å². The predicted molar refractivity (Wildman–Crippen MR) is 154 cm³/mol. The number of aromatic hydroxyl groups is 2. The van der Waals surface area contributed by atoms with E-state index >= 15 is 0 Å². The minimum absolute atomic E-state index is 0.0697. The number of hydrogen-bond acceptors (Lipinski definition) is 2. The molecule has 4 aliphatic rings. The summed E-state index contributed by atoms with van der Waals surface area (Å²) < 4.78 is 0. The molecule has 4 fully saturated rings. The van der Waals surface area contributed by atoms with Gasteiger partial charge in [-0.15, -0.1) is 0 Å². The molecule has 4 aliphatic carbocycles. The van der Waals surface area contributed by atoms with Crippen LogP contribution in [-0.4, -0.2) is 10.2 Å². The van der Waals surface area contributed by atoms with E-state index in [4.69, 9.17) is 0 Å². The zero-order valence-corrected chi connectivity index (χ0v) is 22.4. The molecular weight excluding hydrogens is 464 g/mol. The van der Waals surface area contributed by atoms with Gasteiger partial charge in [0.05, 0.1) is 0 Å². The smallest absolute Gasteiger partial charge is 0.123 e. The van der Waals surface area contributed by atoms with E-state index in [0.717, 1.165) is 28.7 Å². The monoisotopic (exact) mass is 500 g/mol. The van der Waals surface area contributed by atoms with E-state index in [0.29, 0.717) is 11.5 Å². The van der Waals surface area contributed by atoms with Crippen molar-refractivity contribution in [2.24, 2.45) is 10.8 Å². The van der Waals surface area contributed by atoms with E-state index < -0.39 is 0 Å². The summed E-state index contributed by atoms with van der Waals surface area (Å²) in [5.41, 5.74) is 7.40. The van der Waals surface area contributed by atoms with Gasteiger partial charge in [0.15, 0.2) is 0 Å². The summed E-state index contributed by atoms with van der Waals surface area (Å²) in [5, 5.41) is 21.7. The van der Waals surface area contributed by atoms with Crippen molar-refractivity contribution >= 4 is 0 Å². The summed E-state index contributed by atoms with van der Waals surface area (Å²) in [6.45, 7) is 5.03. The highest BCUT2D eigenvalue weighted by Gasteiger charge is 2.66. The summed E-state index contributed by atoms with van der Waals surface area (Å²) in [6, 6.07) is 33.4. The average molecular weight is 501 g/mol. The van der Waals surface area contributed by atoms with E-state index in [9.17, 15) is 10.2 Å². The Hall–Kier alpha value is -3.52. The lowest BCUT2D eigenvalue weighted by Crippen LogP contribution is -2.62. The van der Waals surface area contributed by atoms with Gasteiger partial charge in [0.25, 0.3) is 0 Å². The molecule has 4 aromatic carbocycles. The van der Waals surface area contributed by atoms with Crippen molar-refractivity contribution in [1.82, 2.24) is 0 Å². The van der Waals surface area contributed by atoms with Crippen LogP contribution >= 0.6 is 0 Å². The normalized spacial score (nSPS) is 31.4. The SMILES string of the molecule is CC12CC3(C)CC(c4ccc(O)c(-c5ccccc5)c4)(C1)CC(c1ccc(O)c(-c4ccccc4)c1)(C2)C3. The molecule has 0 heterocycles. The summed E-state index contributed by atoms with van der Waals surface area (Å²) >= 11 is 0. The quantitative estimate of drug-likeness (QED) is 0.293. The van der Waals surface area contributed by atoms with Gasteiger partial charge in [-0.05, 0) is 107 Å². The molecule has 192 valence electrons. The Morgan fingerprint density at radius 1 is 0.474 bits per heavy atom. The van der Waals surface area contributed by atoms with Crippen LogP contribution in [0.2, 0.25) is 0 Å². The van der Waals surface area contributed by atoms with Crippen molar-refractivity contribution in [3.8, 4) is 33.8 Å². The van der Waals surface area contributed by atoms with E-state index in [1.165, 1.54) is 43.2 Å². The lowest BCUT2D eigenvalue weighted by atomic mass is 9.34. The Balaban J connectivity index is 1.37. The molecule has 0 aromatic heterocycles. The van der Waals surface area contributed by atoms with Gasteiger partial charge in [-0.2, -0.15) is 0 Å². The standard InChI is InChI=1S/C36H36O2/c1-33-19-34(2)22-35(20-33,27-13-15-31(37)29(17-27)25-9-5-3-6-10-25)24-36(21-33,23-34)28-14-16-32(38)30(18-28)26-11-7-4-8-12-26/h3-18,37-38H,19-24H2,1-2H3. The van der Waals surface area contributed by atoms with Crippen LogP contribution in [-0.2, 0) is 10.8 Å². The van der Waals surface area contributed by atoms with Crippen molar-refractivity contribution in [2.45, 2.75) is 63.2 Å². The minimum Gasteiger partial charge on any atom is -0.507 e. The highest BCUT2D eigenvalue weighted by Crippen LogP contribution is 2.74. The van der Waals surface area contributed by atoms with Crippen LogP contribution < -0.4 is 0 Å². The third kappa shape index (κ3) is 3.61. The third-order valence-corrected chi connectivity index (χ3v) is 9.98. The first-order chi connectivity index (χ1) is 18.2. The molecule has 0 saturated heterocycles. The second-order valence-corrected chi connectivity index (χ2v) is 13.4. The summed E-state index contributed by atoms with van der Waals surface area (Å²) in [4.78, 5) is 0. The van der Waals surface area contributed by atoms with Crippen LogP contribution in [0.15, 0.2) is 97.1 Å². The van der Waals surface area contributed by atoms with Crippen LogP contribution in [0, 0.1) is 10.8 Å². The first-order valence-electron chi connectivity index (χ1n) is 14.0. The molecular formula is C36H36O2. The van der Waals surface area contributed by atoms with E-state index in [1.54, 1.807) is 0 Å². The van der Waals surface area contributed by atoms with Gasteiger partial charge in [0.2, 0.25) is 0 Å².